The second-order valence-corrected chi connectivity index (χ2v) is 5.77. The van der Waals surface area contributed by atoms with Gasteiger partial charge in [0.05, 0.1) is 21.9 Å². The molecule has 0 atom stereocenters. The second-order valence-electron chi connectivity index (χ2n) is 4.04. The fourth-order valence-corrected chi connectivity index (χ4v) is 2.45. The Morgan fingerprint density at radius 3 is 2.57 bits per heavy atom. The predicted octanol–water partition coefficient (Wildman–Crippen LogP) is 3.75. The van der Waals surface area contributed by atoms with Crippen LogP contribution in [0.5, 0.6) is 5.75 Å². The van der Waals surface area contributed by atoms with E-state index in [-0.39, 0.29) is 16.7 Å². The van der Waals surface area contributed by atoms with Crippen LogP contribution in [0, 0.1) is 0 Å². The van der Waals surface area contributed by atoms with E-state index in [9.17, 15) is 4.79 Å². The molecular formula is C13H10BrCl2N3O2. The first-order valence-corrected chi connectivity index (χ1v) is 7.28. The second kappa shape index (κ2) is 6.98. The minimum Gasteiger partial charge on any atom is -0.482 e. The van der Waals surface area contributed by atoms with Gasteiger partial charge in [0, 0.05) is 16.4 Å². The number of nitrogens with zero attached hydrogens (tertiary/aromatic N) is 1. The lowest BCUT2D eigenvalue weighted by Gasteiger charge is -2.11. The predicted molar refractivity (Wildman–Crippen MR) is 86.9 cm³/mol. The Labute approximate surface area is 139 Å². The Bertz CT molecular complexity index is 659. The van der Waals surface area contributed by atoms with Crippen molar-refractivity contribution in [2.45, 2.75) is 0 Å². The summed E-state index contributed by atoms with van der Waals surface area (Å²) in [6.45, 7) is -0.199. The highest BCUT2D eigenvalue weighted by Gasteiger charge is 2.11. The number of pyridine rings is 1. The number of nitrogen functional groups attached to an aromatic ring is 1. The van der Waals surface area contributed by atoms with Crippen LogP contribution in [-0.2, 0) is 4.79 Å². The Morgan fingerprint density at radius 2 is 1.95 bits per heavy atom. The molecule has 1 heterocycles. The van der Waals surface area contributed by atoms with E-state index in [1.807, 2.05) is 0 Å². The largest absolute Gasteiger partial charge is 0.482 e. The first-order valence-electron chi connectivity index (χ1n) is 5.73. The van der Waals surface area contributed by atoms with Gasteiger partial charge in [0.25, 0.3) is 5.91 Å². The number of hydrogen-bond donors (Lipinski definition) is 2. The Kier molecular flexibility index (Phi) is 5.27. The molecule has 8 heteroatoms. The molecule has 5 nitrogen and oxygen atoms in total. The van der Waals surface area contributed by atoms with Crippen LogP contribution in [-0.4, -0.2) is 17.5 Å². The topological polar surface area (TPSA) is 77.2 Å². The number of hydrogen-bond acceptors (Lipinski definition) is 4. The lowest BCUT2D eigenvalue weighted by molar-refractivity contribution is -0.118. The molecule has 21 heavy (non-hydrogen) atoms. The summed E-state index contributed by atoms with van der Waals surface area (Å²) in [6.07, 6.45) is 3.11. The van der Waals surface area contributed by atoms with Crippen LogP contribution < -0.4 is 15.8 Å². The van der Waals surface area contributed by atoms with Gasteiger partial charge in [-0.1, -0.05) is 23.2 Å². The number of carbonyl (C=O) groups excluding carboxylic acids is 1. The molecule has 3 N–H and O–H groups in total. The quantitative estimate of drug-likeness (QED) is 0.779. The molecule has 0 unspecified atom stereocenters. The molecule has 1 aromatic heterocycles. The summed E-state index contributed by atoms with van der Waals surface area (Å²) in [6, 6.07) is 4.70. The summed E-state index contributed by atoms with van der Waals surface area (Å²) < 4.78 is 6.06. The van der Waals surface area contributed by atoms with E-state index >= 15 is 0 Å². The molecule has 2 rings (SSSR count). The lowest BCUT2D eigenvalue weighted by Crippen LogP contribution is -2.20. The SMILES string of the molecule is Nc1cc(Cl)c(NC(=O)COc2cncc(Br)c2)c(Cl)c1. The van der Waals surface area contributed by atoms with Crippen LogP contribution in [0.1, 0.15) is 0 Å². The van der Waals surface area contributed by atoms with Crippen molar-refractivity contribution in [1.82, 2.24) is 4.98 Å². The number of carbonyl (C=O) groups is 1. The fourth-order valence-electron chi connectivity index (χ4n) is 1.51. The fraction of sp³-hybridized carbons (Fsp3) is 0.0769. The average Bonchev–Trinajstić information content (AvgIpc) is 2.40. The van der Waals surface area contributed by atoms with E-state index < -0.39 is 5.91 Å². The molecule has 1 aromatic carbocycles. The van der Waals surface area contributed by atoms with Gasteiger partial charge in [0.1, 0.15) is 5.75 Å². The zero-order valence-electron chi connectivity index (χ0n) is 10.6. The van der Waals surface area contributed by atoms with Crippen molar-refractivity contribution in [3.05, 3.63) is 45.1 Å². The highest BCUT2D eigenvalue weighted by Crippen LogP contribution is 2.32. The monoisotopic (exact) mass is 389 g/mol. The van der Waals surface area contributed by atoms with E-state index in [2.05, 4.69) is 26.2 Å². The standard InChI is InChI=1S/C13H10BrCl2N3O2/c14-7-1-9(5-18-4-7)21-6-12(20)19-13-10(15)2-8(17)3-11(13)16/h1-5H,6,17H2,(H,19,20). The van der Waals surface area contributed by atoms with E-state index in [0.29, 0.717) is 17.1 Å². The normalized spacial score (nSPS) is 10.2. The zero-order chi connectivity index (χ0) is 15.4. The Morgan fingerprint density at radius 1 is 1.29 bits per heavy atom. The molecule has 0 fully saturated rings. The Hall–Kier alpha value is -1.50. The zero-order valence-corrected chi connectivity index (χ0v) is 13.7. The maximum atomic E-state index is 11.8. The van der Waals surface area contributed by atoms with Crippen LogP contribution in [0.25, 0.3) is 0 Å². The van der Waals surface area contributed by atoms with Crippen LogP contribution in [0.3, 0.4) is 0 Å². The smallest absolute Gasteiger partial charge is 0.262 e. The summed E-state index contributed by atoms with van der Waals surface area (Å²) in [4.78, 5) is 15.8. The molecule has 0 bridgehead atoms. The first kappa shape index (κ1) is 15.9. The van der Waals surface area contributed by atoms with Gasteiger partial charge >= 0.3 is 0 Å². The maximum Gasteiger partial charge on any atom is 0.262 e. The maximum absolute atomic E-state index is 11.8. The molecule has 0 aliphatic rings. The van der Waals surface area contributed by atoms with Gasteiger partial charge in [-0.05, 0) is 34.1 Å². The number of anilines is 2. The molecule has 0 aliphatic carbocycles. The number of amides is 1. The summed E-state index contributed by atoms with van der Waals surface area (Å²) in [5.74, 6) is 0.0672. The lowest BCUT2D eigenvalue weighted by atomic mass is 10.3. The van der Waals surface area contributed by atoms with Gasteiger partial charge in [-0.15, -0.1) is 0 Å². The van der Waals surface area contributed by atoms with Gasteiger partial charge in [-0.3, -0.25) is 9.78 Å². The molecule has 0 saturated heterocycles. The summed E-state index contributed by atoms with van der Waals surface area (Å²) in [5, 5.41) is 3.10. The van der Waals surface area contributed by atoms with Crippen LogP contribution >= 0.6 is 39.1 Å². The van der Waals surface area contributed by atoms with Crippen LogP contribution in [0.15, 0.2) is 35.1 Å². The van der Waals surface area contributed by atoms with E-state index in [1.165, 1.54) is 18.3 Å². The van der Waals surface area contributed by atoms with Crippen molar-refractivity contribution in [1.29, 1.82) is 0 Å². The van der Waals surface area contributed by atoms with Gasteiger partial charge < -0.3 is 15.8 Å². The molecule has 0 spiro atoms. The molecule has 110 valence electrons. The van der Waals surface area contributed by atoms with Crippen molar-refractivity contribution in [3.8, 4) is 5.75 Å². The van der Waals surface area contributed by atoms with Crippen molar-refractivity contribution < 1.29 is 9.53 Å². The number of rotatable bonds is 4. The van der Waals surface area contributed by atoms with Gasteiger partial charge in [-0.25, -0.2) is 0 Å². The van der Waals surface area contributed by atoms with E-state index in [4.69, 9.17) is 33.7 Å². The molecule has 0 saturated carbocycles. The number of nitrogens with two attached hydrogens (primary N) is 1. The number of aromatic nitrogens is 1. The minimum atomic E-state index is -0.399. The third-order valence-electron chi connectivity index (χ3n) is 2.38. The van der Waals surface area contributed by atoms with Crippen molar-refractivity contribution >= 4 is 56.4 Å². The highest BCUT2D eigenvalue weighted by molar-refractivity contribution is 9.10. The van der Waals surface area contributed by atoms with Crippen LogP contribution in [0.2, 0.25) is 10.0 Å². The number of benzene rings is 1. The summed E-state index contributed by atoms with van der Waals surface area (Å²) in [5.41, 5.74) is 6.31. The highest BCUT2D eigenvalue weighted by atomic mass is 79.9. The van der Waals surface area contributed by atoms with Gasteiger partial charge in [-0.2, -0.15) is 0 Å². The molecular weight excluding hydrogens is 381 g/mol. The average molecular weight is 391 g/mol. The Balaban J connectivity index is 1.99. The number of halogens is 3. The van der Waals surface area contributed by atoms with E-state index in [0.717, 1.165) is 4.47 Å². The minimum absolute atomic E-state index is 0.199. The summed E-state index contributed by atoms with van der Waals surface area (Å²) in [7, 11) is 0. The number of nitrogens with one attached hydrogen (secondary N) is 1. The summed E-state index contributed by atoms with van der Waals surface area (Å²) >= 11 is 15.2. The van der Waals surface area contributed by atoms with Gasteiger partial charge in [0.15, 0.2) is 6.61 Å². The van der Waals surface area contributed by atoms with E-state index in [1.54, 1.807) is 12.3 Å². The molecule has 0 aliphatic heterocycles. The van der Waals surface area contributed by atoms with Gasteiger partial charge in [0.2, 0.25) is 0 Å². The van der Waals surface area contributed by atoms with Crippen molar-refractivity contribution in [2.24, 2.45) is 0 Å². The van der Waals surface area contributed by atoms with Crippen molar-refractivity contribution in [3.63, 3.8) is 0 Å². The van der Waals surface area contributed by atoms with Crippen LogP contribution in [0.4, 0.5) is 11.4 Å². The molecule has 1 amide bonds. The van der Waals surface area contributed by atoms with Crippen molar-refractivity contribution in [2.75, 3.05) is 17.7 Å². The molecule has 0 radical (unpaired) electrons. The first-order chi connectivity index (χ1) is 9.95. The third kappa shape index (κ3) is 4.49. The molecule has 2 aromatic rings. The number of ether oxygens (including phenoxy) is 1. The third-order valence-corrected chi connectivity index (χ3v) is 3.41.